The summed E-state index contributed by atoms with van der Waals surface area (Å²) < 4.78 is 55.8. The molecule has 50 heavy (non-hydrogen) atoms. The summed E-state index contributed by atoms with van der Waals surface area (Å²) >= 11 is 0. The number of nitrogens with zero attached hydrogens (tertiary/aromatic N) is 1. The average Bonchev–Trinajstić information content (AvgIpc) is 3.56. The second-order valence-corrected chi connectivity index (χ2v) is 13.5. The summed E-state index contributed by atoms with van der Waals surface area (Å²) in [6, 6.07) is 27.6. The van der Waals surface area contributed by atoms with Crippen LogP contribution < -0.4 is 29.8 Å². The van der Waals surface area contributed by atoms with Gasteiger partial charge in [0.05, 0.1) is 44.1 Å². The minimum atomic E-state index is -3.82. The standard InChI is InChI=1S/C37H41N3O9S/c1-45-29-23-32(46-2)31(33(24-29)47-3)25-38-40-36(42)37(19-22-50(43,44)30-13-8-5-9-14-30)34(26-11-6-4-7-12-26)49-35(39-37)27-15-17-28(18-16-27)48-21-10-20-41/h4-9,11-18,23-24,34,38,41H,10,19-22,25H2,1-3H3,(H,40,42)/t34-,37-/m0/s1. The molecule has 0 spiro atoms. The smallest absolute Gasteiger partial charge is 0.266 e. The summed E-state index contributed by atoms with van der Waals surface area (Å²) in [6.07, 6.45) is -0.679. The van der Waals surface area contributed by atoms with Gasteiger partial charge in [-0.15, -0.1) is 0 Å². The number of nitrogens with one attached hydrogen (secondary N) is 2. The third-order valence-corrected chi connectivity index (χ3v) is 10.0. The maximum Gasteiger partial charge on any atom is 0.266 e. The van der Waals surface area contributed by atoms with E-state index < -0.39 is 27.4 Å². The van der Waals surface area contributed by atoms with Gasteiger partial charge < -0.3 is 28.8 Å². The quantitative estimate of drug-likeness (QED) is 0.106. The summed E-state index contributed by atoms with van der Waals surface area (Å²) in [4.78, 5) is 19.5. The molecule has 1 amide bonds. The molecule has 0 fully saturated rings. The molecule has 1 aliphatic heterocycles. The van der Waals surface area contributed by atoms with Crippen LogP contribution in [-0.2, 0) is 25.9 Å². The normalized spacial score (nSPS) is 17.0. The molecule has 0 saturated heterocycles. The van der Waals surface area contributed by atoms with Crippen molar-refractivity contribution < 1.29 is 42.0 Å². The molecule has 264 valence electrons. The number of aliphatic hydroxyl groups is 1. The largest absolute Gasteiger partial charge is 0.496 e. The van der Waals surface area contributed by atoms with Gasteiger partial charge >= 0.3 is 0 Å². The van der Waals surface area contributed by atoms with Crippen LogP contribution in [0.5, 0.6) is 23.0 Å². The summed E-state index contributed by atoms with van der Waals surface area (Å²) in [5, 5.41) is 9.08. The van der Waals surface area contributed by atoms with Crippen molar-refractivity contribution in [3.05, 3.63) is 114 Å². The van der Waals surface area contributed by atoms with E-state index in [0.29, 0.717) is 52.7 Å². The number of hydrazine groups is 1. The van der Waals surface area contributed by atoms with E-state index in [9.17, 15) is 13.2 Å². The first-order chi connectivity index (χ1) is 24.2. The molecule has 3 N–H and O–H groups in total. The van der Waals surface area contributed by atoms with E-state index in [4.69, 9.17) is 33.8 Å². The van der Waals surface area contributed by atoms with Gasteiger partial charge in [0.25, 0.3) is 5.91 Å². The number of ether oxygens (including phenoxy) is 5. The van der Waals surface area contributed by atoms with Crippen molar-refractivity contribution in [2.45, 2.75) is 35.9 Å². The van der Waals surface area contributed by atoms with Crippen LogP contribution in [0.15, 0.2) is 107 Å². The molecule has 12 nitrogen and oxygen atoms in total. The van der Waals surface area contributed by atoms with Crippen molar-refractivity contribution in [1.29, 1.82) is 0 Å². The fourth-order valence-corrected chi connectivity index (χ4v) is 6.99. The van der Waals surface area contributed by atoms with E-state index >= 15 is 0 Å². The zero-order valence-corrected chi connectivity index (χ0v) is 28.9. The van der Waals surface area contributed by atoms with E-state index in [1.807, 2.05) is 30.3 Å². The Balaban J connectivity index is 1.51. The minimum Gasteiger partial charge on any atom is -0.496 e. The van der Waals surface area contributed by atoms with Gasteiger partial charge in [0.15, 0.2) is 21.5 Å². The minimum absolute atomic E-state index is 0.0176. The molecule has 0 unspecified atom stereocenters. The van der Waals surface area contributed by atoms with Crippen molar-refractivity contribution in [3.8, 4) is 23.0 Å². The Labute approximate surface area is 291 Å². The van der Waals surface area contributed by atoms with Gasteiger partial charge in [-0.1, -0.05) is 48.5 Å². The SMILES string of the molecule is COc1cc(OC)c(CNNC(=O)[C@@]2(CCS(=O)(=O)c3ccccc3)N=C(c3ccc(OCCCO)cc3)O[C@H]2c2ccccc2)c(OC)c1. The van der Waals surface area contributed by atoms with Gasteiger partial charge in [-0.3, -0.25) is 10.2 Å². The highest BCUT2D eigenvalue weighted by Crippen LogP contribution is 2.43. The summed E-state index contributed by atoms with van der Waals surface area (Å²) in [6.45, 7) is 0.458. The molecule has 0 bridgehead atoms. The lowest BCUT2D eigenvalue weighted by atomic mass is 9.85. The second-order valence-electron chi connectivity index (χ2n) is 11.4. The number of methoxy groups -OCH3 is 3. The maximum absolute atomic E-state index is 14.5. The van der Waals surface area contributed by atoms with Crippen LogP contribution in [0.1, 0.15) is 35.6 Å². The molecule has 0 aromatic heterocycles. The Morgan fingerprint density at radius 2 is 1.52 bits per heavy atom. The Hall–Kier alpha value is -5.11. The number of benzene rings is 4. The number of carbonyl (C=O) groups excluding carboxylic acids is 1. The van der Waals surface area contributed by atoms with Gasteiger partial charge in [0.1, 0.15) is 23.0 Å². The molecule has 13 heteroatoms. The van der Waals surface area contributed by atoms with E-state index in [1.165, 1.54) is 33.5 Å². The third-order valence-electron chi connectivity index (χ3n) is 8.27. The molecule has 2 atom stereocenters. The lowest BCUT2D eigenvalue weighted by Gasteiger charge is -2.30. The number of rotatable bonds is 17. The van der Waals surface area contributed by atoms with E-state index in [0.717, 1.165) is 0 Å². The Morgan fingerprint density at radius 1 is 0.880 bits per heavy atom. The van der Waals surface area contributed by atoms with E-state index in [-0.39, 0.29) is 36.1 Å². The monoisotopic (exact) mass is 703 g/mol. The maximum atomic E-state index is 14.5. The highest BCUT2D eigenvalue weighted by atomic mass is 32.2. The fourth-order valence-electron chi connectivity index (χ4n) is 5.61. The van der Waals surface area contributed by atoms with Crippen LogP contribution in [0.4, 0.5) is 0 Å². The Kier molecular flexibility index (Phi) is 12.0. The van der Waals surface area contributed by atoms with Gasteiger partial charge in [-0.2, -0.15) is 0 Å². The zero-order valence-electron chi connectivity index (χ0n) is 28.1. The Bertz CT molecular complexity index is 1850. The number of carbonyl (C=O) groups is 1. The van der Waals surface area contributed by atoms with Crippen LogP contribution in [0.3, 0.4) is 0 Å². The molecule has 4 aromatic carbocycles. The molecule has 1 heterocycles. The van der Waals surface area contributed by atoms with E-state index in [2.05, 4.69) is 10.9 Å². The van der Waals surface area contributed by atoms with Crippen molar-refractivity contribution >= 4 is 21.6 Å². The van der Waals surface area contributed by atoms with Gasteiger partial charge in [-0.05, 0) is 42.0 Å². The first kappa shape index (κ1) is 36.2. The van der Waals surface area contributed by atoms with Crippen molar-refractivity contribution in [2.24, 2.45) is 4.99 Å². The zero-order chi connectivity index (χ0) is 35.6. The third kappa shape index (κ3) is 8.19. The van der Waals surface area contributed by atoms with Crippen molar-refractivity contribution in [2.75, 3.05) is 40.3 Å². The van der Waals surface area contributed by atoms with Crippen LogP contribution in [0.2, 0.25) is 0 Å². The highest BCUT2D eigenvalue weighted by molar-refractivity contribution is 7.91. The number of aliphatic imine (C=N–C) groups is 1. The topological polar surface area (TPSA) is 154 Å². The van der Waals surface area contributed by atoms with Crippen LogP contribution >= 0.6 is 0 Å². The number of amides is 1. The number of aliphatic hydroxyl groups excluding tert-OH is 1. The van der Waals surface area contributed by atoms with Crippen molar-refractivity contribution in [1.82, 2.24) is 10.9 Å². The molecule has 1 aliphatic rings. The number of hydrogen-bond donors (Lipinski definition) is 3. The van der Waals surface area contributed by atoms with Gasteiger partial charge in [0.2, 0.25) is 5.90 Å². The molecular weight excluding hydrogens is 662 g/mol. The first-order valence-corrected chi connectivity index (χ1v) is 17.7. The Morgan fingerprint density at radius 3 is 2.12 bits per heavy atom. The average molecular weight is 704 g/mol. The van der Waals surface area contributed by atoms with Crippen LogP contribution in [0, 0.1) is 0 Å². The number of sulfone groups is 1. The lowest BCUT2D eigenvalue weighted by molar-refractivity contribution is -0.130. The molecule has 0 aliphatic carbocycles. The molecular formula is C37H41N3O9S. The predicted octanol–water partition coefficient (Wildman–Crippen LogP) is 4.42. The number of hydrogen-bond acceptors (Lipinski definition) is 11. The highest BCUT2D eigenvalue weighted by Gasteiger charge is 2.53. The lowest BCUT2D eigenvalue weighted by Crippen LogP contribution is -2.53. The van der Waals surface area contributed by atoms with Crippen LogP contribution in [-0.4, -0.2) is 71.2 Å². The fraction of sp³-hybridized carbons (Fsp3) is 0.297. The molecule has 0 radical (unpaired) electrons. The summed E-state index contributed by atoms with van der Waals surface area (Å²) in [5.41, 5.74) is 5.86. The van der Waals surface area contributed by atoms with Gasteiger partial charge in [-0.25, -0.2) is 18.8 Å². The first-order valence-electron chi connectivity index (χ1n) is 16.0. The summed E-state index contributed by atoms with van der Waals surface area (Å²) in [5.74, 6) is 1.26. The molecule has 0 saturated carbocycles. The molecule has 4 aromatic rings. The van der Waals surface area contributed by atoms with E-state index in [1.54, 1.807) is 54.6 Å². The van der Waals surface area contributed by atoms with Crippen LogP contribution in [0.25, 0.3) is 0 Å². The second kappa shape index (κ2) is 16.5. The molecule has 5 rings (SSSR count). The predicted molar refractivity (Wildman–Crippen MR) is 187 cm³/mol. The van der Waals surface area contributed by atoms with Gasteiger partial charge in [0, 0.05) is 43.7 Å². The summed E-state index contributed by atoms with van der Waals surface area (Å²) in [7, 11) is 0.751. The van der Waals surface area contributed by atoms with Crippen molar-refractivity contribution in [3.63, 3.8) is 0 Å².